The quantitative estimate of drug-likeness (QED) is 0.807. The van der Waals surface area contributed by atoms with Crippen LogP contribution in [0.1, 0.15) is 33.5 Å². The number of amides is 1. The van der Waals surface area contributed by atoms with Crippen LogP contribution in [0.5, 0.6) is 0 Å². The minimum absolute atomic E-state index is 0.0741. The predicted octanol–water partition coefficient (Wildman–Crippen LogP) is 3.16. The van der Waals surface area contributed by atoms with Crippen LogP contribution in [0.3, 0.4) is 0 Å². The molecule has 1 amide bonds. The SMILES string of the molecule is Cc1cc(NC(=O)C(C)Sc2nnc(NC(C)(C)C)s2)no1. The molecule has 2 aromatic rings. The number of nitrogens with zero attached hydrogens (tertiary/aromatic N) is 3. The highest BCUT2D eigenvalue weighted by atomic mass is 32.2. The molecule has 7 nitrogen and oxygen atoms in total. The van der Waals surface area contributed by atoms with Crippen molar-refractivity contribution < 1.29 is 9.32 Å². The van der Waals surface area contributed by atoms with E-state index in [0.29, 0.717) is 11.6 Å². The zero-order valence-corrected chi connectivity index (χ0v) is 14.8. The number of aromatic nitrogens is 3. The Hall–Kier alpha value is -1.61. The maximum atomic E-state index is 12.1. The van der Waals surface area contributed by atoms with Gasteiger partial charge in [0.15, 0.2) is 10.2 Å². The van der Waals surface area contributed by atoms with Crippen LogP contribution in [0, 0.1) is 6.92 Å². The summed E-state index contributed by atoms with van der Waals surface area (Å²) in [6.07, 6.45) is 0. The molecule has 0 radical (unpaired) electrons. The van der Waals surface area contributed by atoms with E-state index < -0.39 is 0 Å². The van der Waals surface area contributed by atoms with Gasteiger partial charge in [-0.05, 0) is 34.6 Å². The highest BCUT2D eigenvalue weighted by Crippen LogP contribution is 2.30. The molecule has 1 unspecified atom stereocenters. The van der Waals surface area contributed by atoms with E-state index in [-0.39, 0.29) is 16.7 Å². The Balaban J connectivity index is 1.91. The fourth-order valence-corrected chi connectivity index (χ4v) is 3.59. The van der Waals surface area contributed by atoms with Gasteiger partial charge in [-0.15, -0.1) is 10.2 Å². The summed E-state index contributed by atoms with van der Waals surface area (Å²) in [5.41, 5.74) is -0.0741. The summed E-state index contributed by atoms with van der Waals surface area (Å²) in [6.45, 7) is 9.74. The van der Waals surface area contributed by atoms with Crippen LogP contribution >= 0.6 is 23.1 Å². The second kappa shape index (κ2) is 6.66. The Bertz CT molecular complexity index is 647. The molecule has 0 bridgehead atoms. The van der Waals surface area contributed by atoms with Crippen LogP contribution < -0.4 is 10.6 Å². The molecule has 0 saturated carbocycles. The van der Waals surface area contributed by atoms with E-state index in [1.807, 2.05) is 6.92 Å². The third kappa shape index (κ3) is 4.99. The third-order valence-corrected chi connectivity index (χ3v) is 4.44. The molecule has 22 heavy (non-hydrogen) atoms. The van der Waals surface area contributed by atoms with Crippen molar-refractivity contribution in [2.75, 3.05) is 10.6 Å². The molecule has 2 aromatic heterocycles. The summed E-state index contributed by atoms with van der Waals surface area (Å²) >= 11 is 2.79. The predicted molar refractivity (Wildman–Crippen MR) is 88.5 cm³/mol. The molecule has 2 rings (SSSR count). The Kier molecular flexibility index (Phi) is 5.07. The number of rotatable bonds is 5. The largest absolute Gasteiger partial charge is 0.360 e. The minimum atomic E-state index is -0.313. The van der Waals surface area contributed by atoms with Gasteiger partial charge in [0, 0.05) is 11.6 Å². The van der Waals surface area contributed by atoms with Gasteiger partial charge in [0.25, 0.3) is 0 Å². The van der Waals surface area contributed by atoms with Crippen molar-refractivity contribution in [3.8, 4) is 0 Å². The first-order valence-electron chi connectivity index (χ1n) is 6.75. The van der Waals surface area contributed by atoms with Crippen LogP contribution in [-0.2, 0) is 4.79 Å². The molecular weight excluding hydrogens is 322 g/mol. The van der Waals surface area contributed by atoms with Crippen LogP contribution in [0.15, 0.2) is 14.9 Å². The summed E-state index contributed by atoms with van der Waals surface area (Å²) in [6, 6.07) is 1.67. The van der Waals surface area contributed by atoms with E-state index in [1.165, 1.54) is 23.1 Å². The van der Waals surface area contributed by atoms with Crippen LogP contribution in [0.2, 0.25) is 0 Å². The Morgan fingerprint density at radius 3 is 2.73 bits per heavy atom. The van der Waals surface area contributed by atoms with E-state index in [0.717, 1.165) is 9.47 Å². The molecule has 0 aliphatic rings. The average Bonchev–Trinajstić information content (AvgIpc) is 2.97. The zero-order chi connectivity index (χ0) is 16.3. The summed E-state index contributed by atoms with van der Waals surface area (Å²) in [5, 5.41) is 18.3. The average molecular weight is 341 g/mol. The number of nitrogens with one attached hydrogen (secondary N) is 2. The first-order valence-corrected chi connectivity index (χ1v) is 8.45. The maximum absolute atomic E-state index is 12.1. The van der Waals surface area contributed by atoms with Gasteiger partial charge >= 0.3 is 0 Å². The molecule has 2 heterocycles. The lowest BCUT2D eigenvalue weighted by molar-refractivity contribution is -0.115. The fraction of sp³-hybridized carbons (Fsp3) is 0.538. The summed E-state index contributed by atoms with van der Waals surface area (Å²) in [4.78, 5) is 12.1. The standard InChI is InChI=1S/C13H19N5O2S2/c1-7-6-9(18-20-7)14-10(19)8(2)21-12-17-16-11(22-12)15-13(3,4)5/h6,8H,1-5H3,(H,15,16)(H,14,18,19). The molecular formula is C13H19N5O2S2. The molecule has 1 atom stereocenters. The van der Waals surface area contributed by atoms with Gasteiger partial charge in [-0.2, -0.15) is 0 Å². The molecule has 0 fully saturated rings. The van der Waals surface area contributed by atoms with Crippen molar-refractivity contribution >= 4 is 40.0 Å². The fourth-order valence-electron chi connectivity index (χ4n) is 1.49. The maximum Gasteiger partial charge on any atom is 0.238 e. The monoisotopic (exact) mass is 341 g/mol. The van der Waals surface area contributed by atoms with Crippen LogP contribution in [0.4, 0.5) is 10.9 Å². The number of carbonyl (C=O) groups excluding carboxylic acids is 1. The van der Waals surface area contributed by atoms with Gasteiger partial charge in [-0.3, -0.25) is 4.79 Å². The number of aryl methyl sites for hydroxylation is 1. The lowest BCUT2D eigenvalue weighted by Gasteiger charge is -2.18. The number of anilines is 2. The number of thioether (sulfide) groups is 1. The molecule has 0 spiro atoms. The Labute approximate surface area is 137 Å². The summed E-state index contributed by atoms with van der Waals surface area (Å²) in [7, 11) is 0. The van der Waals surface area contributed by atoms with E-state index in [1.54, 1.807) is 13.0 Å². The van der Waals surface area contributed by atoms with Gasteiger partial charge in [-0.25, -0.2) is 0 Å². The van der Waals surface area contributed by atoms with Gasteiger partial charge < -0.3 is 15.2 Å². The first-order chi connectivity index (χ1) is 10.2. The second-order valence-corrected chi connectivity index (χ2v) is 8.39. The van der Waals surface area contributed by atoms with Gasteiger partial charge in [0.05, 0.1) is 5.25 Å². The molecule has 0 aliphatic carbocycles. The smallest absolute Gasteiger partial charge is 0.238 e. The van der Waals surface area contributed by atoms with E-state index >= 15 is 0 Å². The first kappa shape index (κ1) is 16.8. The van der Waals surface area contributed by atoms with Crippen molar-refractivity contribution in [1.29, 1.82) is 0 Å². The Morgan fingerprint density at radius 2 is 2.14 bits per heavy atom. The Morgan fingerprint density at radius 1 is 1.41 bits per heavy atom. The van der Waals surface area contributed by atoms with Crippen molar-refractivity contribution in [3.05, 3.63) is 11.8 Å². The molecule has 0 aliphatic heterocycles. The van der Waals surface area contributed by atoms with E-state index in [9.17, 15) is 4.79 Å². The molecule has 120 valence electrons. The minimum Gasteiger partial charge on any atom is -0.360 e. The van der Waals surface area contributed by atoms with Crippen LogP contribution in [0.25, 0.3) is 0 Å². The van der Waals surface area contributed by atoms with Crippen molar-refractivity contribution in [3.63, 3.8) is 0 Å². The summed E-state index contributed by atoms with van der Waals surface area (Å²) < 4.78 is 5.65. The van der Waals surface area contributed by atoms with Gasteiger partial charge in [-0.1, -0.05) is 28.3 Å². The van der Waals surface area contributed by atoms with Crippen molar-refractivity contribution in [1.82, 2.24) is 15.4 Å². The molecule has 0 aromatic carbocycles. The number of hydrogen-bond donors (Lipinski definition) is 2. The second-order valence-electron chi connectivity index (χ2n) is 5.82. The van der Waals surface area contributed by atoms with Crippen molar-refractivity contribution in [2.45, 2.75) is 49.7 Å². The van der Waals surface area contributed by atoms with Gasteiger partial charge in [0.2, 0.25) is 11.0 Å². The summed E-state index contributed by atoms with van der Waals surface area (Å²) in [5.74, 6) is 0.916. The molecule has 9 heteroatoms. The van der Waals surface area contributed by atoms with Gasteiger partial charge in [0.1, 0.15) is 5.76 Å². The number of hydrogen-bond acceptors (Lipinski definition) is 8. The lowest BCUT2D eigenvalue weighted by atomic mass is 10.1. The number of carbonyl (C=O) groups is 1. The normalized spacial score (nSPS) is 13.0. The van der Waals surface area contributed by atoms with Crippen molar-refractivity contribution in [2.24, 2.45) is 0 Å². The third-order valence-electron chi connectivity index (χ3n) is 2.41. The highest BCUT2D eigenvalue weighted by Gasteiger charge is 2.19. The molecule has 2 N–H and O–H groups in total. The highest BCUT2D eigenvalue weighted by molar-refractivity contribution is 8.02. The van der Waals surface area contributed by atoms with E-state index in [4.69, 9.17) is 4.52 Å². The topological polar surface area (TPSA) is 92.9 Å². The zero-order valence-electron chi connectivity index (χ0n) is 13.1. The lowest BCUT2D eigenvalue weighted by Crippen LogP contribution is -2.25. The van der Waals surface area contributed by atoms with Crippen LogP contribution in [-0.4, -0.2) is 32.1 Å². The van der Waals surface area contributed by atoms with E-state index in [2.05, 4.69) is 46.8 Å². The molecule has 0 saturated heterocycles.